The highest BCUT2D eigenvalue weighted by molar-refractivity contribution is 5.43. The third kappa shape index (κ3) is 4.97. The first-order valence-electron chi connectivity index (χ1n) is 9.04. The van der Waals surface area contributed by atoms with Crippen molar-refractivity contribution < 1.29 is 9.47 Å². The van der Waals surface area contributed by atoms with Gasteiger partial charge in [-0.05, 0) is 36.6 Å². The number of nitrogens with zero attached hydrogens (tertiary/aromatic N) is 1. The van der Waals surface area contributed by atoms with Gasteiger partial charge >= 0.3 is 0 Å². The molecule has 134 valence electrons. The maximum absolute atomic E-state index is 5.95. The van der Waals surface area contributed by atoms with Crippen molar-refractivity contribution in [1.29, 1.82) is 0 Å². The van der Waals surface area contributed by atoms with Gasteiger partial charge < -0.3 is 14.8 Å². The predicted octanol–water partition coefficient (Wildman–Crippen LogP) is 3.11. The maximum atomic E-state index is 5.95. The summed E-state index contributed by atoms with van der Waals surface area (Å²) >= 11 is 0. The highest BCUT2D eigenvalue weighted by Crippen LogP contribution is 2.29. The molecule has 0 bridgehead atoms. The molecule has 0 aliphatic carbocycles. The molecular weight excluding hydrogens is 312 g/mol. The fraction of sp³-hybridized carbons (Fsp3) is 0.429. The normalized spacial score (nSPS) is 16.4. The van der Waals surface area contributed by atoms with Crippen LogP contribution >= 0.6 is 0 Å². The Labute approximate surface area is 150 Å². The molecule has 2 aromatic rings. The second kappa shape index (κ2) is 8.88. The van der Waals surface area contributed by atoms with Crippen LogP contribution in [0.1, 0.15) is 18.1 Å². The van der Waals surface area contributed by atoms with E-state index in [2.05, 4.69) is 41.4 Å². The third-order valence-electron chi connectivity index (χ3n) is 4.77. The minimum atomic E-state index is 0.530. The summed E-state index contributed by atoms with van der Waals surface area (Å²) in [5, 5.41) is 3.41. The number of benzene rings is 2. The molecule has 0 aromatic heterocycles. The van der Waals surface area contributed by atoms with Crippen LogP contribution in [0.3, 0.4) is 0 Å². The van der Waals surface area contributed by atoms with Crippen molar-refractivity contribution in [3.05, 3.63) is 59.7 Å². The van der Waals surface area contributed by atoms with Gasteiger partial charge in [0.1, 0.15) is 6.61 Å². The molecular formula is C21H28N2O2. The first-order chi connectivity index (χ1) is 12.3. The minimum Gasteiger partial charge on any atom is -0.493 e. The minimum absolute atomic E-state index is 0.530. The quantitative estimate of drug-likeness (QED) is 0.840. The van der Waals surface area contributed by atoms with Crippen molar-refractivity contribution >= 4 is 0 Å². The number of hydrogen-bond donors (Lipinski definition) is 1. The third-order valence-corrected chi connectivity index (χ3v) is 4.77. The van der Waals surface area contributed by atoms with Gasteiger partial charge in [0.05, 0.1) is 7.11 Å². The van der Waals surface area contributed by atoms with Crippen LogP contribution in [0.15, 0.2) is 48.5 Å². The molecule has 1 heterocycles. The predicted molar refractivity (Wildman–Crippen MR) is 101 cm³/mol. The smallest absolute Gasteiger partial charge is 0.161 e. The maximum Gasteiger partial charge on any atom is 0.161 e. The Balaban J connectivity index is 1.62. The van der Waals surface area contributed by atoms with Crippen LogP contribution < -0.4 is 14.8 Å². The number of ether oxygens (including phenoxy) is 2. The van der Waals surface area contributed by atoms with E-state index in [4.69, 9.17) is 9.47 Å². The zero-order chi connectivity index (χ0) is 17.5. The molecule has 0 radical (unpaired) electrons. The van der Waals surface area contributed by atoms with Gasteiger partial charge in [0, 0.05) is 32.2 Å². The van der Waals surface area contributed by atoms with Crippen LogP contribution in [0, 0.1) is 0 Å². The van der Waals surface area contributed by atoms with E-state index in [0.29, 0.717) is 12.6 Å². The fourth-order valence-corrected chi connectivity index (χ4v) is 3.29. The van der Waals surface area contributed by atoms with E-state index in [1.54, 1.807) is 7.11 Å². The summed E-state index contributed by atoms with van der Waals surface area (Å²) in [5.74, 6) is 1.60. The van der Waals surface area contributed by atoms with Crippen LogP contribution in [0.25, 0.3) is 0 Å². The van der Waals surface area contributed by atoms with Crippen molar-refractivity contribution in [2.45, 2.75) is 26.0 Å². The van der Waals surface area contributed by atoms with E-state index in [-0.39, 0.29) is 0 Å². The van der Waals surface area contributed by atoms with Crippen molar-refractivity contribution in [2.24, 2.45) is 0 Å². The monoisotopic (exact) mass is 340 g/mol. The Morgan fingerprint density at radius 1 is 1.00 bits per heavy atom. The summed E-state index contributed by atoms with van der Waals surface area (Å²) in [6.07, 6.45) is 1.02. The van der Waals surface area contributed by atoms with E-state index in [1.807, 2.05) is 24.3 Å². The lowest BCUT2D eigenvalue weighted by atomic mass is 10.0. The van der Waals surface area contributed by atoms with Gasteiger partial charge in [-0.25, -0.2) is 0 Å². The zero-order valence-electron chi connectivity index (χ0n) is 15.2. The van der Waals surface area contributed by atoms with Crippen molar-refractivity contribution in [2.75, 3.05) is 33.3 Å². The Hall–Kier alpha value is -2.04. The molecule has 1 fully saturated rings. The van der Waals surface area contributed by atoms with Gasteiger partial charge in [0.15, 0.2) is 11.5 Å². The summed E-state index contributed by atoms with van der Waals surface area (Å²) in [6, 6.07) is 17.0. The van der Waals surface area contributed by atoms with E-state index in [0.717, 1.165) is 49.7 Å². The van der Waals surface area contributed by atoms with E-state index in [1.165, 1.54) is 5.56 Å². The standard InChI is InChI=1S/C21H28N2O2/c1-17(23-12-10-22-11-13-23)14-19-8-9-20(21(15-19)24-2)25-16-18-6-4-3-5-7-18/h3-9,15,17,22H,10-14,16H2,1-2H3. The molecule has 0 saturated carbocycles. The average molecular weight is 340 g/mol. The molecule has 25 heavy (non-hydrogen) atoms. The Bertz CT molecular complexity index is 654. The molecule has 4 heteroatoms. The van der Waals surface area contributed by atoms with Crippen molar-refractivity contribution in [3.8, 4) is 11.5 Å². The van der Waals surface area contributed by atoms with Gasteiger partial charge in [0.25, 0.3) is 0 Å². The summed E-state index contributed by atoms with van der Waals surface area (Å²) in [7, 11) is 1.70. The molecule has 1 N–H and O–H groups in total. The Kier molecular flexibility index (Phi) is 6.31. The molecule has 0 amide bonds. The number of rotatable bonds is 7. The zero-order valence-corrected chi connectivity index (χ0v) is 15.2. The number of piperazine rings is 1. The average Bonchev–Trinajstić information content (AvgIpc) is 2.68. The molecule has 0 spiro atoms. The van der Waals surface area contributed by atoms with E-state index in [9.17, 15) is 0 Å². The molecule has 1 aliphatic rings. The van der Waals surface area contributed by atoms with Crippen molar-refractivity contribution in [1.82, 2.24) is 10.2 Å². The van der Waals surface area contributed by atoms with E-state index >= 15 is 0 Å². The van der Waals surface area contributed by atoms with E-state index < -0.39 is 0 Å². The van der Waals surface area contributed by atoms with Gasteiger partial charge in [-0.1, -0.05) is 36.4 Å². The fourth-order valence-electron chi connectivity index (χ4n) is 3.29. The number of hydrogen-bond acceptors (Lipinski definition) is 4. The second-order valence-electron chi connectivity index (χ2n) is 6.60. The first kappa shape index (κ1) is 17.8. The molecule has 2 aromatic carbocycles. The SMILES string of the molecule is COc1cc(CC(C)N2CCNCC2)ccc1OCc1ccccc1. The van der Waals surface area contributed by atoms with Crippen LogP contribution in [0.5, 0.6) is 11.5 Å². The molecule has 1 aliphatic heterocycles. The van der Waals surface area contributed by atoms with Crippen LogP contribution in [0.4, 0.5) is 0 Å². The summed E-state index contributed by atoms with van der Waals surface area (Å²) < 4.78 is 11.5. The summed E-state index contributed by atoms with van der Waals surface area (Å²) in [5.41, 5.74) is 2.44. The van der Waals surface area contributed by atoms with Gasteiger partial charge in [-0.15, -0.1) is 0 Å². The van der Waals surface area contributed by atoms with Crippen LogP contribution in [0.2, 0.25) is 0 Å². The lowest BCUT2D eigenvalue weighted by Gasteiger charge is -2.33. The Morgan fingerprint density at radius 3 is 2.48 bits per heavy atom. The lowest BCUT2D eigenvalue weighted by Crippen LogP contribution is -2.48. The molecule has 1 atom stereocenters. The Morgan fingerprint density at radius 2 is 1.76 bits per heavy atom. The second-order valence-corrected chi connectivity index (χ2v) is 6.60. The highest BCUT2D eigenvalue weighted by Gasteiger charge is 2.17. The molecule has 1 saturated heterocycles. The van der Waals surface area contributed by atoms with Crippen molar-refractivity contribution in [3.63, 3.8) is 0 Å². The van der Waals surface area contributed by atoms with Gasteiger partial charge in [-0.2, -0.15) is 0 Å². The van der Waals surface area contributed by atoms with Gasteiger partial charge in [-0.3, -0.25) is 4.90 Å². The largest absolute Gasteiger partial charge is 0.493 e. The summed E-state index contributed by atoms with van der Waals surface area (Å²) in [6.45, 7) is 7.26. The molecule has 3 rings (SSSR count). The van der Waals surface area contributed by atoms with Crippen LogP contribution in [-0.4, -0.2) is 44.2 Å². The first-order valence-corrected chi connectivity index (χ1v) is 9.04. The molecule has 1 unspecified atom stereocenters. The van der Waals surface area contributed by atoms with Crippen LogP contribution in [-0.2, 0) is 13.0 Å². The molecule has 4 nitrogen and oxygen atoms in total. The number of methoxy groups -OCH3 is 1. The van der Waals surface area contributed by atoms with Gasteiger partial charge in [0.2, 0.25) is 0 Å². The highest BCUT2D eigenvalue weighted by atomic mass is 16.5. The topological polar surface area (TPSA) is 33.7 Å². The number of nitrogens with one attached hydrogen (secondary N) is 1. The lowest BCUT2D eigenvalue weighted by molar-refractivity contribution is 0.183. The summed E-state index contributed by atoms with van der Waals surface area (Å²) in [4.78, 5) is 2.54.